The molecule has 0 atom stereocenters. The van der Waals surface area contributed by atoms with Gasteiger partial charge >= 0.3 is 0 Å². The average Bonchev–Trinajstić information content (AvgIpc) is 2.51. The number of hydrogen-bond donors (Lipinski definition) is 0. The van der Waals surface area contributed by atoms with Gasteiger partial charge in [0.1, 0.15) is 5.82 Å². The van der Waals surface area contributed by atoms with E-state index < -0.39 is 0 Å². The Kier molecular flexibility index (Phi) is 2.45. The Balaban J connectivity index is 2.27. The van der Waals surface area contributed by atoms with Gasteiger partial charge in [0.05, 0.1) is 6.54 Å². The van der Waals surface area contributed by atoms with Crippen LogP contribution in [0.25, 0.3) is 0 Å². The third-order valence-corrected chi connectivity index (χ3v) is 2.26. The molecule has 2 aromatic rings. The predicted molar refractivity (Wildman–Crippen MR) is 53.1 cm³/mol. The summed E-state index contributed by atoms with van der Waals surface area (Å²) in [6.45, 7) is 2.56. The number of aromatic nitrogens is 4. The maximum Gasteiger partial charge on any atom is 0.225 e. The highest BCUT2D eigenvalue weighted by atomic mass is 35.5. The lowest BCUT2D eigenvalue weighted by Gasteiger charge is -2.04. The molecule has 0 saturated heterocycles. The van der Waals surface area contributed by atoms with Gasteiger partial charge in [-0.15, -0.1) is 10.2 Å². The molecule has 0 bridgehead atoms. The summed E-state index contributed by atoms with van der Waals surface area (Å²) in [4.78, 5) is 3.95. The van der Waals surface area contributed by atoms with Gasteiger partial charge in [0.25, 0.3) is 0 Å². The van der Waals surface area contributed by atoms with E-state index >= 15 is 0 Å². The summed E-state index contributed by atoms with van der Waals surface area (Å²) in [6, 6.07) is 3.88. The van der Waals surface area contributed by atoms with Crippen LogP contribution >= 0.6 is 11.6 Å². The van der Waals surface area contributed by atoms with Gasteiger partial charge in [0.15, 0.2) is 0 Å². The van der Waals surface area contributed by atoms with Crippen LogP contribution in [0.1, 0.15) is 11.4 Å². The van der Waals surface area contributed by atoms with Gasteiger partial charge in [-0.25, -0.2) is 0 Å². The van der Waals surface area contributed by atoms with E-state index in [0.717, 1.165) is 11.4 Å². The first-order valence-corrected chi connectivity index (χ1v) is 4.59. The van der Waals surface area contributed by atoms with Gasteiger partial charge in [-0.1, -0.05) is 0 Å². The molecule has 0 spiro atoms. The van der Waals surface area contributed by atoms with Crippen LogP contribution in [-0.2, 0) is 6.54 Å². The van der Waals surface area contributed by atoms with Crippen molar-refractivity contribution in [2.24, 2.45) is 0 Å². The van der Waals surface area contributed by atoms with Gasteiger partial charge < -0.3 is 0 Å². The molecule has 0 saturated carbocycles. The zero-order chi connectivity index (χ0) is 9.97. The summed E-state index contributed by atoms with van der Waals surface area (Å²) in [5.41, 5.74) is 1.13. The predicted octanol–water partition coefficient (Wildman–Crippen LogP) is 1.68. The van der Waals surface area contributed by atoms with Gasteiger partial charge in [-0.3, -0.25) is 9.55 Å². The van der Waals surface area contributed by atoms with Crippen molar-refractivity contribution >= 4 is 11.6 Å². The lowest BCUT2D eigenvalue weighted by atomic mass is 10.3. The molecule has 2 rings (SSSR count). The molecular weight excluding hydrogens is 200 g/mol. The molecular formula is C9H9ClN4. The first-order valence-electron chi connectivity index (χ1n) is 4.21. The van der Waals surface area contributed by atoms with Crippen molar-refractivity contribution in [1.82, 2.24) is 19.7 Å². The van der Waals surface area contributed by atoms with E-state index in [2.05, 4.69) is 15.2 Å². The van der Waals surface area contributed by atoms with Crippen LogP contribution in [-0.4, -0.2) is 19.7 Å². The molecule has 0 fully saturated rings. The number of nitrogens with zero attached hydrogens (tertiary/aromatic N) is 4. The molecule has 0 aromatic carbocycles. The van der Waals surface area contributed by atoms with Crippen LogP contribution in [0.4, 0.5) is 0 Å². The fourth-order valence-electron chi connectivity index (χ4n) is 1.21. The van der Waals surface area contributed by atoms with E-state index in [1.807, 2.05) is 23.6 Å². The van der Waals surface area contributed by atoms with Crippen molar-refractivity contribution in [2.75, 3.05) is 0 Å². The molecule has 0 N–H and O–H groups in total. The maximum absolute atomic E-state index is 5.87. The average molecular weight is 209 g/mol. The molecule has 72 valence electrons. The monoisotopic (exact) mass is 208 g/mol. The molecule has 0 aliphatic rings. The summed E-state index contributed by atoms with van der Waals surface area (Å²) in [5.74, 6) is 0.812. The minimum atomic E-state index is 0.416. The second-order valence-electron chi connectivity index (χ2n) is 2.96. The van der Waals surface area contributed by atoms with Gasteiger partial charge in [-0.2, -0.15) is 0 Å². The van der Waals surface area contributed by atoms with Crippen LogP contribution in [0.5, 0.6) is 0 Å². The van der Waals surface area contributed by atoms with Crippen molar-refractivity contribution in [1.29, 1.82) is 0 Å². The van der Waals surface area contributed by atoms with E-state index in [-0.39, 0.29) is 0 Å². The maximum atomic E-state index is 5.87. The van der Waals surface area contributed by atoms with Gasteiger partial charge in [0, 0.05) is 12.4 Å². The minimum Gasteiger partial charge on any atom is -0.298 e. The minimum absolute atomic E-state index is 0.416. The molecule has 0 unspecified atom stereocenters. The fourth-order valence-corrected chi connectivity index (χ4v) is 1.43. The zero-order valence-electron chi connectivity index (χ0n) is 7.68. The van der Waals surface area contributed by atoms with Crippen LogP contribution in [0.15, 0.2) is 24.5 Å². The van der Waals surface area contributed by atoms with E-state index in [1.165, 1.54) is 0 Å². The first kappa shape index (κ1) is 9.15. The molecule has 0 aliphatic carbocycles. The third kappa shape index (κ3) is 1.75. The highest BCUT2D eigenvalue weighted by Gasteiger charge is 2.05. The largest absolute Gasteiger partial charge is 0.298 e. The van der Waals surface area contributed by atoms with E-state index in [4.69, 9.17) is 11.6 Å². The fraction of sp³-hybridized carbons (Fsp3) is 0.222. The van der Waals surface area contributed by atoms with Crippen LogP contribution in [0, 0.1) is 6.92 Å². The molecule has 14 heavy (non-hydrogen) atoms. The molecule has 0 radical (unpaired) electrons. The molecule has 2 heterocycles. The quantitative estimate of drug-likeness (QED) is 0.754. The Morgan fingerprint density at radius 2 is 2.00 bits per heavy atom. The molecule has 2 aromatic heterocycles. The van der Waals surface area contributed by atoms with Crippen molar-refractivity contribution in [3.8, 4) is 0 Å². The Labute approximate surface area is 86.6 Å². The van der Waals surface area contributed by atoms with Crippen LogP contribution in [0.3, 0.4) is 0 Å². The highest BCUT2D eigenvalue weighted by molar-refractivity contribution is 6.28. The molecule has 4 nitrogen and oxygen atoms in total. The number of rotatable bonds is 2. The van der Waals surface area contributed by atoms with Crippen LogP contribution < -0.4 is 0 Å². The SMILES string of the molecule is Cc1nnc(Cl)n1Cc1ccncc1. The summed E-state index contributed by atoms with van der Waals surface area (Å²) in [6.07, 6.45) is 3.51. The van der Waals surface area contributed by atoms with Crippen molar-refractivity contribution in [3.05, 3.63) is 41.2 Å². The summed E-state index contributed by atoms with van der Waals surface area (Å²) < 4.78 is 1.84. The number of pyridine rings is 1. The molecule has 5 heteroatoms. The zero-order valence-corrected chi connectivity index (χ0v) is 8.44. The second kappa shape index (κ2) is 3.75. The van der Waals surface area contributed by atoms with Crippen molar-refractivity contribution in [3.63, 3.8) is 0 Å². The van der Waals surface area contributed by atoms with Gasteiger partial charge in [-0.05, 0) is 36.2 Å². The molecule has 0 aliphatic heterocycles. The van der Waals surface area contributed by atoms with Crippen molar-refractivity contribution in [2.45, 2.75) is 13.5 Å². The first-order chi connectivity index (χ1) is 6.77. The highest BCUT2D eigenvalue weighted by Crippen LogP contribution is 2.10. The van der Waals surface area contributed by atoms with E-state index in [9.17, 15) is 0 Å². The number of hydrogen-bond acceptors (Lipinski definition) is 3. The van der Waals surface area contributed by atoms with Crippen molar-refractivity contribution < 1.29 is 0 Å². The summed E-state index contributed by atoms with van der Waals surface area (Å²) in [5, 5.41) is 8.07. The Morgan fingerprint density at radius 1 is 1.29 bits per heavy atom. The Hall–Kier alpha value is -1.42. The number of aryl methyl sites for hydroxylation is 1. The van der Waals surface area contributed by atoms with Gasteiger partial charge in [0.2, 0.25) is 5.28 Å². The van der Waals surface area contributed by atoms with E-state index in [0.29, 0.717) is 11.8 Å². The lowest BCUT2D eigenvalue weighted by Crippen LogP contribution is -2.02. The summed E-state index contributed by atoms with van der Waals surface area (Å²) in [7, 11) is 0. The van der Waals surface area contributed by atoms with E-state index in [1.54, 1.807) is 12.4 Å². The number of halogens is 1. The normalized spacial score (nSPS) is 10.4. The topological polar surface area (TPSA) is 43.6 Å². The standard InChI is InChI=1S/C9H9ClN4/c1-7-12-13-9(10)14(7)6-8-2-4-11-5-3-8/h2-5H,6H2,1H3. The Bertz CT molecular complexity index is 404. The Morgan fingerprint density at radius 3 is 2.57 bits per heavy atom. The third-order valence-electron chi connectivity index (χ3n) is 1.98. The van der Waals surface area contributed by atoms with Crippen LogP contribution in [0.2, 0.25) is 5.28 Å². The second-order valence-corrected chi connectivity index (χ2v) is 3.30. The summed E-state index contributed by atoms with van der Waals surface area (Å²) >= 11 is 5.87. The smallest absolute Gasteiger partial charge is 0.225 e. The molecule has 0 amide bonds. The lowest BCUT2D eigenvalue weighted by molar-refractivity contribution is 0.761.